The first-order valence-corrected chi connectivity index (χ1v) is 15.0. The van der Waals surface area contributed by atoms with E-state index >= 15 is 0 Å². The Morgan fingerprint density at radius 2 is 2.10 bits per heavy atom. The summed E-state index contributed by atoms with van der Waals surface area (Å²) in [5.74, 6) is 4.62. The van der Waals surface area contributed by atoms with Crippen molar-refractivity contribution in [1.82, 2.24) is 0 Å². The molecule has 0 spiro atoms. The standard InChI is InChI=1S/C24H36O2S4/c1-18-16-28-23(10-6-14-27-18)12-11-21(25)8-5-13-24(29-17-19(2)30-24)20-7-4-9-22(15-20)26-3/h4-5,7-9,15,18-19,21,23,25H,6,10-14,16-17H2,1-3H3/b8-5+. The highest BCUT2D eigenvalue weighted by Crippen LogP contribution is 2.57. The van der Waals surface area contributed by atoms with Crippen LogP contribution in [0.4, 0.5) is 0 Å². The Labute approximate surface area is 200 Å². The first-order valence-electron chi connectivity index (χ1n) is 11.0. The summed E-state index contributed by atoms with van der Waals surface area (Å²) < 4.78 is 5.48. The van der Waals surface area contributed by atoms with Crippen molar-refractivity contribution in [2.45, 2.75) is 71.9 Å². The zero-order chi connectivity index (χ0) is 21.4. The molecule has 2 heterocycles. The molecule has 6 heteroatoms. The Morgan fingerprint density at radius 3 is 2.87 bits per heavy atom. The first kappa shape index (κ1) is 24.8. The van der Waals surface area contributed by atoms with Gasteiger partial charge in [0.15, 0.2) is 0 Å². The van der Waals surface area contributed by atoms with E-state index in [4.69, 9.17) is 4.74 Å². The van der Waals surface area contributed by atoms with Crippen molar-refractivity contribution >= 4 is 47.0 Å². The van der Waals surface area contributed by atoms with Crippen LogP contribution in [0.5, 0.6) is 5.75 Å². The van der Waals surface area contributed by atoms with Gasteiger partial charge in [0.1, 0.15) is 5.75 Å². The molecule has 2 fully saturated rings. The van der Waals surface area contributed by atoms with Gasteiger partial charge in [-0.2, -0.15) is 23.5 Å². The Bertz CT molecular complexity index is 683. The van der Waals surface area contributed by atoms with E-state index in [-0.39, 0.29) is 10.2 Å². The zero-order valence-corrected chi connectivity index (χ0v) is 21.7. The van der Waals surface area contributed by atoms with Crippen molar-refractivity contribution in [2.75, 3.05) is 24.4 Å². The van der Waals surface area contributed by atoms with Gasteiger partial charge in [0.2, 0.25) is 0 Å². The van der Waals surface area contributed by atoms with E-state index in [9.17, 15) is 5.11 Å². The topological polar surface area (TPSA) is 29.5 Å². The number of benzene rings is 1. The molecular weight excluding hydrogens is 449 g/mol. The van der Waals surface area contributed by atoms with Gasteiger partial charge in [0.05, 0.1) is 17.3 Å². The number of hydrogen-bond acceptors (Lipinski definition) is 6. The molecule has 1 aromatic rings. The molecule has 2 saturated heterocycles. The Hall–Kier alpha value is 0.120. The lowest BCUT2D eigenvalue weighted by atomic mass is 10.1. The number of allylic oxidation sites excluding steroid dienone is 1. The molecule has 2 aliphatic heterocycles. The third-order valence-electron chi connectivity index (χ3n) is 5.62. The smallest absolute Gasteiger partial charge is 0.119 e. The van der Waals surface area contributed by atoms with Crippen LogP contribution in [0.2, 0.25) is 0 Å². The molecule has 0 amide bonds. The lowest BCUT2D eigenvalue weighted by molar-refractivity contribution is 0.208. The van der Waals surface area contributed by atoms with Gasteiger partial charge < -0.3 is 9.84 Å². The van der Waals surface area contributed by atoms with Crippen LogP contribution in [-0.2, 0) is 4.08 Å². The molecule has 5 atom stereocenters. The third-order valence-corrected chi connectivity index (χ3v) is 12.5. The van der Waals surface area contributed by atoms with E-state index in [1.54, 1.807) is 7.11 Å². The minimum atomic E-state index is -0.334. The molecule has 2 aliphatic rings. The molecular formula is C24H36O2S4. The summed E-state index contributed by atoms with van der Waals surface area (Å²) in [6.45, 7) is 4.65. The molecule has 1 N–H and O–H groups in total. The number of hydrogen-bond donors (Lipinski definition) is 1. The highest BCUT2D eigenvalue weighted by Gasteiger charge is 2.40. The van der Waals surface area contributed by atoms with Gasteiger partial charge in [-0.15, -0.1) is 23.5 Å². The molecule has 0 bridgehead atoms. The van der Waals surface area contributed by atoms with Crippen molar-refractivity contribution < 1.29 is 9.84 Å². The minimum Gasteiger partial charge on any atom is -0.497 e. The number of methoxy groups -OCH3 is 1. The second-order valence-electron chi connectivity index (χ2n) is 8.28. The Balaban J connectivity index is 1.54. The molecule has 168 valence electrons. The summed E-state index contributed by atoms with van der Waals surface area (Å²) in [4.78, 5) is 0. The molecule has 1 aromatic carbocycles. The van der Waals surface area contributed by atoms with Gasteiger partial charge >= 0.3 is 0 Å². The molecule has 0 radical (unpaired) electrons. The average molecular weight is 485 g/mol. The summed E-state index contributed by atoms with van der Waals surface area (Å²) in [6.07, 6.45) is 9.46. The van der Waals surface area contributed by atoms with Crippen molar-refractivity contribution in [3.8, 4) is 5.75 Å². The molecule has 3 rings (SSSR count). The quantitative estimate of drug-likeness (QED) is 0.407. The lowest BCUT2D eigenvalue weighted by Crippen LogP contribution is -2.16. The Morgan fingerprint density at radius 1 is 1.23 bits per heavy atom. The summed E-state index contributed by atoms with van der Waals surface area (Å²) in [5, 5.41) is 12.7. The number of rotatable bonds is 8. The first-order chi connectivity index (χ1) is 14.5. The van der Waals surface area contributed by atoms with E-state index in [0.717, 1.165) is 36.0 Å². The number of ether oxygens (including phenoxy) is 1. The summed E-state index contributed by atoms with van der Waals surface area (Å²) >= 11 is 8.30. The fourth-order valence-corrected chi connectivity index (χ4v) is 10.0. The van der Waals surface area contributed by atoms with Gasteiger partial charge in [-0.05, 0) is 55.6 Å². The largest absolute Gasteiger partial charge is 0.497 e. The SMILES string of the molecule is COc1cccc(C2(C/C=C/C(O)CCC3CCCSC(C)CS3)SCC(C)S2)c1. The van der Waals surface area contributed by atoms with E-state index < -0.39 is 0 Å². The second kappa shape index (κ2) is 12.4. The fraction of sp³-hybridized carbons (Fsp3) is 0.667. The summed E-state index contributed by atoms with van der Waals surface area (Å²) in [7, 11) is 1.73. The Kier molecular flexibility index (Phi) is 10.2. The predicted molar refractivity (Wildman–Crippen MR) is 141 cm³/mol. The maximum absolute atomic E-state index is 10.6. The summed E-state index contributed by atoms with van der Waals surface area (Å²) in [5.41, 5.74) is 1.32. The van der Waals surface area contributed by atoms with Crippen LogP contribution in [0.25, 0.3) is 0 Å². The average Bonchev–Trinajstić information content (AvgIpc) is 3.12. The maximum atomic E-state index is 10.6. The van der Waals surface area contributed by atoms with Crippen molar-refractivity contribution in [2.24, 2.45) is 0 Å². The molecule has 0 saturated carbocycles. The van der Waals surface area contributed by atoms with Crippen molar-refractivity contribution in [1.29, 1.82) is 0 Å². The fourth-order valence-electron chi connectivity index (χ4n) is 3.94. The van der Waals surface area contributed by atoms with Crippen molar-refractivity contribution in [3.05, 3.63) is 42.0 Å². The molecule has 0 aromatic heterocycles. The van der Waals surface area contributed by atoms with Gasteiger partial charge in [-0.25, -0.2) is 0 Å². The molecule has 0 aliphatic carbocycles. The highest BCUT2D eigenvalue weighted by molar-refractivity contribution is 8.21. The minimum absolute atomic E-state index is 0.0212. The van der Waals surface area contributed by atoms with Gasteiger partial charge in [-0.3, -0.25) is 0 Å². The van der Waals surface area contributed by atoms with Gasteiger partial charge in [0.25, 0.3) is 0 Å². The van der Waals surface area contributed by atoms with E-state index in [2.05, 4.69) is 61.6 Å². The second-order valence-corrected chi connectivity index (χ2v) is 14.5. The monoisotopic (exact) mass is 484 g/mol. The van der Waals surface area contributed by atoms with Crippen LogP contribution in [0.1, 0.15) is 51.5 Å². The van der Waals surface area contributed by atoms with E-state index in [1.165, 1.54) is 29.9 Å². The van der Waals surface area contributed by atoms with E-state index in [0.29, 0.717) is 10.5 Å². The van der Waals surface area contributed by atoms with Crippen LogP contribution in [0.15, 0.2) is 36.4 Å². The van der Waals surface area contributed by atoms with Crippen molar-refractivity contribution in [3.63, 3.8) is 0 Å². The van der Waals surface area contributed by atoms with Crippen LogP contribution in [0.3, 0.4) is 0 Å². The number of thioether (sulfide) groups is 4. The van der Waals surface area contributed by atoms with Crippen LogP contribution in [-0.4, -0.2) is 51.3 Å². The maximum Gasteiger partial charge on any atom is 0.119 e. The predicted octanol–water partition coefficient (Wildman–Crippen LogP) is 6.82. The zero-order valence-electron chi connectivity index (χ0n) is 18.4. The number of aliphatic hydroxyl groups is 1. The summed E-state index contributed by atoms with van der Waals surface area (Å²) in [6, 6.07) is 8.49. The van der Waals surface area contributed by atoms with Crippen LogP contribution in [0, 0.1) is 0 Å². The normalized spacial score (nSPS) is 31.4. The molecule has 2 nitrogen and oxygen atoms in total. The molecule has 5 unspecified atom stereocenters. The highest BCUT2D eigenvalue weighted by atomic mass is 32.2. The van der Waals surface area contributed by atoms with Gasteiger partial charge in [-0.1, -0.05) is 38.1 Å². The van der Waals surface area contributed by atoms with Gasteiger partial charge in [0, 0.05) is 27.3 Å². The lowest BCUT2D eigenvalue weighted by Gasteiger charge is -2.27. The molecule has 30 heavy (non-hydrogen) atoms. The van der Waals surface area contributed by atoms with Crippen LogP contribution < -0.4 is 4.74 Å². The van der Waals surface area contributed by atoms with E-state index in [1.807, 2.05) is 35.7 Å². The third kappa shape index (κ3) is 7.33. The number of aliphatic hydroxyl groups excluding tert-OH is 1. The van der Waals surface area contributed by atoms with Crippen LogP contribution >= 0.6 is 47.0 Å².